The fourth-order valence-electron chi connectivity index (χ4n) is 1.39. The van der Waals surface area contributed by atoms with Gasteiger partial charge in [0.2, 0.25) is 0 Å². The van der Waals surface area contributed by atoms with Crippen molar-refractivity contribution in [2.24, 2.45) is 0 Å². The number of pyridine rings is 1. The zero-order chi connectivity index (χ0) is 12.1. The summed E-state index contributed by atoms with van der Waals surface area (Å²) < 4.78 is 0.627. The molecule has 6 heteroatoms. The molecule has 1 heterocycles. The van der Waals surface area contributed by atoms with Crippen LogP contribution in [0.3, 0.4) is 0 Å². The molecule has 5 nitrogen and oxygen atoms in total. The maximum atomic E-state index is 10.6. The largest absolute Gasteiger partial charge is 0.481 e. The molecule has 0 spiro atoms. The number of carboxylic acid groups (broad SMARTS) is 2. The zero-order valence-corrected chi connectivity index (χ0v) is 9.85. The Balaban J connectivity index is 2.96. The number of aliphatic carboxylic acids is 2. The van der Waals surface area contributed by atoms with Gasteiger partial charge in [0, 0.05) is 16.6 Å². The lowest BCUT2D eigenvalue weighted by molar-refractivity contribution is -0.139. The van der Waals surface area contributed by atoms with Crippen LogP contribution in [-0.2, 0) is 9.59 Å². The topological polar surface area (TPSA) is 87.5 Å². The number of hydrogen-bond donors (Lipinski definition) is 2. The van der Waals surface area contributed by atoms with Gasteiger partial charge in [-0.25, -0.2) is 0 Å². The van der Waals surface area contributed by atoms with Crippen molar-refractivity contribution in [3.63, 3.8) is 0 Å². The predicted octanol–water partition coefficient (Wildman–Crippen LogP) is 1.88. The third kappa shape index (κ3) is 3.62. The molecule has 16 heavy (non-hydrogen) atoms. The Kier molecular flexibility index (Phi) is 4.42. The highest BCUT2D eigenvalue weighted by atomic mass is 79.9. The lowest BCUT2D eigenvalue weighted by Crippen LogP contribution is -2.13. The van der Waals surface area contributed by atoms with Crippen LogP contribution in [0, 0.1) is 0 Å². The SMILES string of the molecule is O=C(O)CC(CC(=O)O)c1ncccc1Br. The molecule has 0 fully saturated rings. The second kappa shape index (κ2) is 5.60. The van der Waals surface area contributed by atoms with Crippen LogP contribution >= 0.6 is 15.9 Å². The second-order valence-corrected chi connectivity index (χ2v) is 4.12. The van der Waals surface area contributed by atoms with Gasteiger partial charge in [0.15, 0.2) is 0 Å². The summed E-state index contributed by atoms with van der Waals surface area (Å²) in [5, 5.41) is 17.4. The number of rotatable bonds is 5. The molecule has 86 valence electrons. The predicted molar refractivity (Wildman–Crippen MR) is 59.2 cm³/mol. The van der Waals surface area contributed by atoms with Gasteiger partial charge in [-0.2, -0.15) is 0 Å². The summed E-state index contributed by atoms with van der Waals surface area (Å²) in [4.78, 5) is 25.3. The van der Waals surface area contributed by atoms with E-state index in [2.05, 4.69) is 20.9 Å². The summed E-state index contributed by atoms with van der Waals surface area (Å²) in [7, 11) is 0. The summed E-state index contributed by atoms with van der Waals surface area (Å²) in [5.41, 5.74) is 0.465. The van der Waals surface area contributed by atoms with Gasteiger partial charge < -0.3 is 10.2 Å². The van der Waals surface area contributed by atoms with E-state index in [1.807, 2.05) is 0 Å². The van der Waals surface area contributed by atoms with E-state index in [1.54, 1.807) is 12.1 Å². The minimum absolute atomic E-state index is 0.248. The Morgan fingerprint density at radius 3 is 2.31 bits per heavy atom. The molecule has 2 N–H and O–H groups in total. The van der Waals surface area contributed by atoms with Gasteiger partial charge in [0.1, 0.15) is 0 Å². The minimum Gasteiger partial charge on any atom is -0.481 e. The first-order valence-electron chi connectivity index (χ1n) is 4.54. The number of halogens is 1. The zero-order valence-electron chi connectivity index (χ0n) is 8.26. The van der Waals surface area contributed by atoms with Crippen molar-refractivity contribution < 1.29 is 19.8 Å². The van der Waals surface area contributed by atoms with E-state index in [1.165, 1.54) is 6.20 Å². The third-order valence-corrected chi connectivity index (χ3v) is 2.69. The van der Waals surface area contributed by atoms with Gasteiger partial charge in [0.05, 0.1) is 18.5 Å². The van der Waals surface area contributed by atoms with E-state index < -0.39 is 17.9 Å². The third-order valence-electron chi connectivity index (χ3n) is 2.02. The normalized spacial score (nSPS) is 10.4. The summed E-state index contributed by atoms with van der Waals surface area (Å²) in [6, 6.07) is 3.39. The van der Waals surface area contributed by atoms with Crippen molar-refractivity contribution in [2.45, 2.75) is 18.8 Å². The molecule has 1 rings (SSSR count). The Morgan fingerprint density at radius 1 is 1.31 bits per heavy atom. The highest BCUT2D eigenvalue weighted by molar-refractivity contribution is 9.10. The molecular weight excluding hydrogens is 278 g/mol. The molecule has 0 bridgehead atoms. The van der Waals surface area contributed by atoms with Crippen LogP contribution in [0.1, 0.15) is 24.5 Å². The van der Waals surface area contributed by atoms with Gasteiger partial charge in [-0.3, -0.25) is 14.6 Å². The monoisotopic (exact) mass is 287 g/mol. The molecular formula is C10H10BrNO4. The van der Waals surface area contributed by atoms with Gasteiger partial charge in [0.25, 0.3) is 0 Å². The minimum atomic E-state index is -1.04. The highest BCUT2D eigenvalue weighted by Gasteiger charge is 2.22. The molecule has 1 aromatic rings. The average Bonchev–Trinajstić information content (AvgIpc) is 2.15. The fourth-order valence-corrected chi connectivity index (χ4v) is 1.96. The molecule has 0 aliphatic carbocycles. The Hall–Kier alpha value is -1.43. The Labute approximate surface area is 100 Å². The number of carboxylic acids is 2. The van der Waals surface area contributed by atoms with Crippen molar-refractivity contribution in [2.75, 3.05) is 0 Å². The highest BCUT2D eigenvalue weighted by Crippen LogP contribution is 2.27. The molecule has 0 unspecified atom stereocenters. The Morgan fingerprint density at radius 2 is 1.88 bits per heavy atom. The maximum Gasteiger partial charge on any atom is 0.304 e. The van der Waals surface area contributed by atoms with Crippen molar-refractivity contribution in [3.8, 4) is 0 Å². The second-order valence-electron chi connectivity index (χ2n) is 3.26. The summed E-state index contributed by atoms with van der Waals surface area (Å²) in [5.74, 6) is -2.70. The quantitative estimate of drug-likeness (QED) is 0.863. The maximum absolute atomic E-state index is 10.6. The first-order chi connectivity index (χ1) is 7.50. The van der Waals surface area contributed by atoms with E-state index in [9.17, 15) is 9.59 Å². The van der Waals surface area contributed by atoms with E-state index in [4.69, 9.17) is 10.2 Å². The van der Waals surface area contributed by atoms with E-state index in [-0.39, 0.29) is 12.8 Å². The van der Waals surface area contributed by atoms with E-state index in [0.29, 0.717) is 10.2 Å². The molecule has 0 radical (unpaired) electrons. The molecule has 0 saturated carbocycles. The number of carbonyl (C=O) groups is 2. The number of nitrogens with zero attached hydrogens (tertiary/aromatic N) is 1. The first-order valence-corrected chi connectivity index (χ1v) is 5.34. The van der Waals surface area contributed by atoms with Crippen LogP contribution in [0.4, 0.5) is 0 Å². The molecule has 1 aromatic heterocycles. The standard InChI is InChI=1S/C10H10BrNO4/c11-7-2-1-3-12-10(7)6(4-8(13)14)5-9(15)16/h1-3,6H,4-5H2,(H,13,14)(H,15,16). The van der Waals surface area contributed by atoms with Gasteiger partial charge in [-0.1, -0.05) is 0 Å². The number of aromatic nitrogens is 1. The van der Waals surface area contributed by atoms with Crippen molar-refractivity contribution >= 4 is 27.9 Å². The molecule has 0 aliphatic heterocycles. The molecule has 0 amide bonds. The lowest BCUT2D eigenvalue weighted by Gasteiger charge is -2.13. The van der Waals surface area contributed by atoms with Crippen molar-refractivity contribution in [1.29, 1.82) is 0 Å². The van der Waals surface area contributed by atoms with Crippen LogP contribution in [-0.4, -0.2) is 27.1 Å². The van der Waals surface area contributed by atoms with Gasteiger partial charge in [-0.05, 0) is 28.1 Å². The first kappa shape index (κ1) is 12.6. The molecule has 0 saturated heterocycles. The van der Waals surface area contributed by atoms with Crippen molar-refractivity contribution in [1.82, 2.24) is 4.98 Å². The number of hydrogen-bond acceptors (Lipinski definition) is 3. The molecule has 0 aliphatic rings. The van der Waals surface area contributed by atoms with Crippen LogP contribution in [0.5, 0.6) is 0 Å². The van der Waals surface area contributed by atoms with Crippen LogP contribution < -0.4 is 0 Å². The van der Waals surface area contributed by atoms with E-state index >= 15 is 0 Å². The summed E-state index contributed by atoms with van der Waals surface area (Å²) in [6.07, 6.45) is 1.01. The van der Waals surface area contributed by atoms with Crippen LogP contribution in [0.25, 0.3) is 0 Å². The lowest BCUT2D eigenvalue weighted by atomic mass is 9.97. The van der Waals surface area contributed by atoms with Gasteiger partial charge >= 0.3 is 11.9 Å². The Bertz CT molecular complexity index is 392. The summed E-state index contributed by atoms with van der Waals surface area (Å²) in [6.45, 7) is 0. The average molecular weight is 288 g/mol. The van der Waals surface area contributed by atoms with E-state index in [0.717, 1.165) is 0 Å². The molecule has 0 atom stereocenters. The fraction of sp³-hybridized carbons (Fsp3) is 0.300. The van der Waals surface area contributed by atoms with Crippen LogP contribution in [0.2, 0.25) is 0 Å². The van der Waals surface area contributed by atoms with Crippen molar-refractivity contribution in [3.05, 3.63) is 28.5 Å². The molecule has 0 aromatic carbocycles. The van der Waals surface area contributed by atoms with Crippen LogP contribution in [0.15, 0.2) is 22.8 Å². The summed E-state index contributed by atoms with van der Waals surface area (Å²) >= 11 is 3.23. The van der Waals surface area contributed by atoms with Gasteiger partial charge in [-0.15, -0.1) is 0 Å². The smallest absolute Gasteiger partial charge is 0.304 e.